The standard InChI is InChI=1S/C25H29ClFNO3/c1-4-6-11-28(12-7-5-2)15-18-21(29)13-16(3)23-24(30)22(31-25(18)23)14-17-19(26)9-8-10-20(17)27/h8-10,13-14,29H,4-7,11-12,15H2,1-3H3/b22-14+. The predicted molar refractivity (Wildman–Crippen MR) is 122 cm³/mol. The van der Waals surface area contributed by atoms with Crippen LogP contribution in [0.5, 0.6) is 11.5 Å². The molecule has 1 aliphatic rings. The van der Waals surface area contributed by atoms with Crippen LogP contribution < -0.4 is 4.74 Å². The zero-order chi connectivity index (χ0) is 22.5. The van der Waals surface area contributed by atoms with E-state index >= 15 is 0 Å². The van der Waals surface area contributed by atoms with Crippen molar-refractivity contribution in [1.29, 1.82) is 0 Å². The number of fused-ring (bicyclic) bond motifs is 1. The fourth-order valence-electron chi connectivity index (χ4n) is 3.77. The highest BCUT2D eigenvalue weighted by Gasteiger charge is 2.34. The van der Waals surface area contributed by atoms with Gasteiger partial charge in [0.2, 0.25) is 5.78 Å². The second-order valence-electron chi connectivity index (χ2n) is 7.95. The summed E-state index contributed by atoms with van der Waals surface area (Å²) in [5, 5.41) is 10.9. The smallest absolute Gasteiger partial charge is 0.232 e. The first-order valence-corrected chi connectivity index (χ1v) is 11.2. The van der Waals surface area contributed by atoms with Crippen LogP contribution in [0.25, 0.3) is 6.08 Å². The largest absolute Gasteiger partial charge is 0.507 e. The minimum atomic E-state index is -0.530. The highest BCUT2D eigenvalue weighted by atomic mass is 35.5. The molecule has 0 aliphatic carbocycles. The molecule has 3 rings (SSSR count). The first-order chi connectivity index (χ1) is 14.9. The van der Waals surface area contributed by atoms with Gasteiger partial charge in [-0.05, 0) is 62.7 Å². The van der Waals surface area contributed by atoms with Crippen molar-refractivity contribution >= 4 is 23.5 Å². The summed E-state index contributed by atoms with van der Waals surface area (Å²) >= 11 is 6.12. The number of aryl methyl sites for hydroxylation is 1. The number of aromatic hydroxyl groups is 1. The molecule has 0 saturated carbocycles. The van der Waals surface area contributed by atoms with Crippen molar-refractivity contribution in [2.24, 2.45) is 0 Å². The Morgan fingerprint density at radius 2 is 1.87 bits per heavy atom. The second-order valence-corrected chi connectivity index (χ2v) is 8.36. The average Bonchev–Trinajstić information content (AvgIpc) is 3.06. The van der Waals surface area contributed by atoms with Crippen molar-refractivity contribution in [1.82, 2.24) is 4.90 Å². The molecule has 2 aromatic rings. The Bertz CT molecular complexity index is 974. The number of halogens is 2. The topological polar surface area (TPSA) is 49.8 Å². The minimum Gasteiger partial charge on any atom is -0.507 e. The summed E-state index contributed by atoms with van der Waals surface area (Å²) in [5.74, 6) is -0.392. The van der Waals surface area contributed by atoms with Crippen molar-refractivity contribution in [3.8, 4) is 11.5 Å². The highest BCUT2D eigenvalue weighted by molar-refractivity contribution is 6.32. The SMILES string of the molecule is CCCCN(CCCC)Cc1c(O)cc(C)c2c1O/C(=C/c1c(F)cccc1Cl)C2=O. The Morgan fingerprint density at radius 3 is 2.48 bits per heavy atom. The van der Waals surface area contributed by atoms with E-state index in [9.17, 15) is 14.3 Å². The van der Waals surface area contributed by atoms with Crippen LogP contribution in [0.4, 0.5) is 4.39 Å². The zero-order valence-corrected chi connectivity index (χ0v) is 19.1. The minimum absolute atomic E-state index is 0.00520. The number of unbranched alkanes of at least 4 members (excludes halogenated alkanes) is 2. The molecule has 1 N–H and O–H groups in total. The number of benzene rings is 2. The van der Waals surface area contributed by atoms with Gasteiger partial charge in [-0.15, -0.1) is 0 Å². The van der Waals surface area contributed by atoms with Gasteiger partial charge in [0.1, 0.15) is 17.3 Å². The van der Waals surface area contributed by atoms with Crippen LogP contribution >= 0.6 is 11.6 Å². The summed E-state index contributed by atoms with van der Waals surface area (Å²) in [4.78, 5) is 15.4. The van der Waals surface area contributed by atoms with Gasteiger partial charge in [-0.25, -0.2) is 4.39 Å². The molecule has 4 nitrogen and oxygen atoms in total. The summed E-state index contributed by atoms with van der Waals surface area (Å²) in [6, 6.07) is 5.96. The molecule has 1 heterocycles. The first kappa shape index (κ1) is 23.3. The number of hydrogen-bond donors (Lipinski definition) is 1. The third-order valence-corrected chi connectivity index (χ3v) is 5.86. The first-order valence-electron chi connectivity index (χ1n) is 10.8. The normalized spacial score (nSPS) is 14.4. The van der Waals surface area contributed by atoms with Gasteiger partial charge in [-0.1, -0.05) is 44.4 Å². The van der Waals surface area contributed by atoms with Crippen molar-refractivity contribution in [3.63, 3.8) is 0 Å². The lowest BCUT2D eigenvalue weighted by molar-refractivity contribution is 0.101. The quantitative estimate of drug-likeness (QED) is 0.447. The molecule has 0 unspecified atom stereocenters. The van der Waals surface area contributed by atoms with Crippen molar-refractivity contribution in [2.45, 2.75) is 53.0 Å². The molecule has 166 valence electrons. The lowest BCUT2D eigenvalue weighted by Crippen LogP contribution is -2.26. The van der Waals surface area contributed by atoms with Crippen LogP contribution in [-0.2, 0) is 6.54 Å². The van der Waals surface area contributed by atoms with E-state index in [1.807, 2.05) is 0 Å². The number of carbonyl (C=O) groups is 1. The molecule has 0 fully saturated rings. The number of Topliss-reactive ketones (excluding diaryl/α,β-unsaturated/α-hetero) is 1. The van der Waals surface area contributed by atoms with Crippen LogP contribution in [0.15, 0.2) is 30.0 Å². The molecule has 0 atom stereocenters. The highest BCUT2D eigenvalue weighted by Crippen LogP contribution is 2.42. The summed E-state index contributed by atoms with van der Waals surface area (Å²) in [5.41, 5.74) is 1.73. The van der Waals surface area contributed by atoms with Gasteiger partial charge in [0.25, 0.3) is 0 Å². The molecule has 6 heteroatoms. The maximum absolute atomic E-state index is 14.2. The number of rotatable bonds is 9. The van der Waals surface area contributed by atoms with Gasteiger partial charge in [0, 0.05) is 12.1 Å². The van der Waals surface area contributed by atoms with E-state index in [4.69, 9.17) is 16.3 Å². The van der Waals surface area contributed by atoms with E-state index in [1.165, 1.54) is 18.2 Å². The molecule has 0 aromatic heterocycles. The van der Waals surface area contributed by atoms with E-state index in [0.29, 0.717) is 29.0 Å². The second kappa shape index (κ2) is 10.3. The molecule has 0 amide bonds. The Hall–Kier alpha value is -2.37. The molecule has 0 radical (unpaired) electrons. The summed E-state index contributed by atoms with van der Waals surface area (Å²) in [6.07, 6.45) is 5.59. The maximum Gasteiger partial charge on any atom is 0.232 e. The fourth-order valence-corrected chi connectivity index (χ4v) is 3.99. The van der Waals surface area contributed by atoms with Gasteiger partial charge in [-0.2, -0.15) is 0 Å². The van der Waals surface area contributed by atoms with Crippen LogP contribution in [-0.4, -0.2) is 28.9 Å². The van der Waals surface area contributed by atoms with Crippen LogP contribution in [0.3, 0.4) is 0 Å². The van der Waals surface area contributed by atoms with Crippen molar-refractivity contribution in [2.75, 3.05) is 13.1 Å². The van der Waals surface area contributed by atoms with Crippen LogP contribution in [0, 0.1) is 12.7 Å². The predicted octanol–water partition coefficient (Wildman–Crippen LogP) is 6.51. The molecule has 0 bridgehead atoms. The number of allylic oxidation sites excluding steroid dienone is 1. The third kappa shape index (κ3) is 5.10. The third-order valence-electron chi connectivity index (χ3n) is 5.53. The van der Waals surface area contributed by atoms with Gasteiger partial charge in [0.15, 0.2) is 5.76 Å². The average molecular weight is 446 g/mol. The van der Waals surface area contributed by atoms with Gasteiger partial charge in [-0.3, -0.25) is 9.69 Å². The van der Waals surface area contributed by atoms with Gasteiger partial charge in [0.05, 0.1) is 16.1 Å². The number of hydrogen-bond acceptors (Lipinski definition) is 4. The van der Waals surface area contributed by atoms with Crippen LogP contribution in [0.2, 0.25) is 5.02 Å². The van der Waals surface area contributed by atoms with Crippen molar-refractivity contribution < 1.29 is 19.0 Å². The summed E-state index contributed by atoms with van der Waals surface area (Å²) in [6.45, 7) is 8.33. The number of ketones is 1. The Balaban J connectivity index is 1.99. The molecular weight excluding hydrogens is 417 g/mol. The number of nitrogens with zero attached hydrogens (tertiary/aromatic N) is 1. The van der Waals surface area contributed by atoms with Gasteiger partial charge >= 0.3 is 0 Å². The zero-order valence-electron chi connectivity index (χ0n) is 18.3. The molecular formula is C25H29ClFNO3. The molecule has 1 aliphatic heterocycles. The summed E-state index contributed by atoms with van der Waals surface area (Å²) in [7, 11) is 0. The number of carbonyl (C=O) groups excluding carboxylic acids is 1. The van der Waals surface area contributed by atoms with E-state index in [-0.39, 0.29) is 27.9 Å². The van der Waals surface area contributed by atoms with E-state index in [0.717, 1.165) is 38.8 Å². The van der Waals surface area contributed by atoms with E-state index in [1.54, 1.807) is 19.1 Å². The summed E-state index contributed by atoms with van der Waals surface area (Å²) < 4.78 is 20.2. The van der Waals surface area contributed by atoms with Gasteiger partial charge < -0.3 is 9.84 Å². The lowest BCUT2D eigenvalue weighted by atomic mass is 9.99. The Labute approximate surface area is 188 Å². The van der Waals surface area contributed by atoms with Crippen molar-refractivity contribution in [3.05, 3.63) is 63.1 Å². The fraction of sp³-hybridized carbons (Fsp3) is 0.400. The van der Waals surface area contributed by atoms with Crippen LogP contribution in [0.1, 0.15) is 66.6 Å². The molecule has 0 saturated heterocycles. The maximum atomic E-state index is 14.2. The molecule has 31 heavy (non-hydrogen) atoms. The molecule has 0 spiro atoms. The number of phenolic OH excluding ortho intramolecular Hbond substituents is 1. The monoisotopic (exact) mass is 445 g/mol. The van der Waals surface area contributed by atoms with E-state index in [2.05, 4.69) is 18.7 Å². The number of phenols is 1. The Kier molecular flexibility index (Phi) is 7.74. The molecule has 2 aromatic carbocycles. The lowest BCUT2D eigenvalue weighted by Gasteiger charge is -2.23. The Morgan fingerprint density at radius 1 is 1.19 bits per heavy atom. The van der Waals surface area contributed by atoms with E-state index < -0.39 is 5.82 Å². The number of ether oxygens (including phenoxy) is 1.